The number of hydrogen-bond donors (Lipinski definition) is 1. The fourth-order valence-electron chi connectivity index (χ4n) is 0.394. The number of hydrogen-bond acceptors (Lipinski definition) is 3. The molecule has 0 saturated heterocycles. The van der Waals surface area contributed by atoms with Crippen molar-refractivity contribution in [1.29, 1.82) is 0 Å². The molecule has 5 heteroatoms. The van der Waals surface area contributed by atoms with E-state index in [1.165, 1.54) is 6.92 Å². The first kappa shape index (κ1) is 11.0. The van der Waals surface area contributed by atoms with Crippen LogP contribution in [-0.2, 0) is 14.1 Å². The highest BCUT2D eigenvalue weighted by Gasteiger charge is 2.29. The van der Waals surface area contributed by atoms with Gasteiger partial charge in [0.25, 0.3) is 0 Å². The molecular weight excluding hydrogens is 179 g/mol. The summed E-state index contributed by atoms with van der Waals surface area (Å²) in [6.07, 6.45) is 1.10. The van der Waals surface area contributed by atoms with E-state index >= 15 is 0 Å². The van der Waals surface area contributed by atoms with Gasteiger partial charge in [0, 0.05) is 11.6 Å². The third-order valence-corrected chi connectivity index (χ3v) is 1.75. The van der Waals surface area contributed by atoms with E-state index in [0.29, 0.717) is 0 Å². The lowest BCUT2D eigenvalue weighted by molar-refractivity contribution is -0.139. The lowest BCUT2D eigenvalue weighted by Gasteiger charge is -2.01. The highest BCUT2D eigenvalue weighted by Crippen LogP contribution is 2.24. The van der Waals surface area contributed by atoms with Crippen LogP contribution >= 0.6 is 8.03 Å². The molecule has 0 spiro atoms. The van der Waals surface area contributed by atoms with Crippen LogP contribution in [0.2, 0.25) is 0 Å². The van der Waals surface area contributed by atoms with Crippen molar-refractivity contribution < 1.29 is 19.0 Å². The molecule has 4 nitrogen and oxygen atoms in total. The molecule has 0 amide bonds. The van der Waals surface area contributed by atoms with Crippen LogP contribution in [0.5, 0.6) is 0 Å². The molecule has 0 fully saturated rings. The molecule has 0 rings (SSSR count). The Bertz CT molecular complexity index is 234. The minimum Gasteiger partial charge on any atom is -0.407 e. The van der Waals surface area contributed by atoms with Gasteiger partial charge in [0.2, 0.25) is 0 Å². The Labute approximate surface area is 71.4 Å². The first-order chi connectivity index (χ1) is 5.49. The van der Waals surface area contributed by atoms with E-state index < -0.39 is 19.8 Å². The summed E-state index contributed by atoms with van der Waals surface area (Å²) in [5.74, 6) is -1.85. The Hall–Kier alpha value is -0.990. The maximum absolute atomic E-state index is 10.8. The van der Waals surface area contributed by atoms with Crippen LogP contribution in [-0.4, -0.2) is 16.7 Å². The third-order valence-electron chi connectivity index (χ3n) is 0.996. The van der Waals surface area contributed by atoms with Gasteiger partial charge in [-0.3, -0.25) is 0 Å². The molecular formula is C7H10O4P+. The number of carbonyl (C=O) groups is 1. The Morgan fingerprint density at radius 3 is 2.50 bits per heavy atom. The van der Waals surface area contributed by atoms with E-state index in [2.05, 4.69) is 17.9 Å². The zero-order valence-corrected chi connectivity index (χ0v) is 7.58. The van der Waals surface area contributed by atoms with Crippen LogP contribution in [0.3, 0.4) is 0 Å². The monoisotopic (exact) mass is 189 g/mol. The summed E-state index contributed by atoms with van der Waals surface area (Å²) in [6, 6.07) is 0. The summed E-state index contributed by atoms with van der Waals surface area (Å²) in [5.41, 5.74) is 0.179. The molecule has 0 saturated carbocycles. The molecule has 0 heterocycles. The average molecular weight is 189 g/mol. The van der Waals surface area contributed by atoms with Crippen LogP contribution in [0, 0.1) is 0 Å². The van der Waals surface area contributed by atoms with E-state index in [0.717, 1.165) is 6.08 Å². The van der Waals surface area contributed by atoms with Crippen LogP contribution < -0.4 is 0 Å². The van der Waals surface area contributed by atoms with Crippen molar-refractivity contribution in [3.05, 3.63) is 24.8 Å². The predicted octanol–water partition coefficient (Wildman–Crippen LogP) is 1.35. The third kappa shape index (κ3) is 3.42. The highest BCUT2D eigenvalue weighted by atomic mass is 31.1. The molecule has 0 bridgehead atoms. The minimum absolute atomic E-state index is 0.179. The fraction of sp³-hybridized carbons (Fsp3) is 0.286. The second kappa shape index (κ2) is 4.80. The van der Waals surface area contributed by atoms with E-state index in [1.54, 1.807) is 0 Å². The average Bonchev–Trinajstić information content (AvgIpc) is 1.98. The van der Waals surface area contributed by atoms with E-state index in [-0.39, 0.29) is 5.57 Å². The van der Waals surface area contributed by atoms with Gasteiger partial charge in [-0.1, -0.05) is 13.2 Å². The molecule has 0 aliphatic carbocycles. The zero-order valence-electron chi connectivity index (χ0n) is 6.69. The number of esters is 1. The Kier molecular flexibility index (Phi) is 4.40. The first-order valence-electron chi connectivity index (χ1n) is 3.13. The van der Waals surface area contributed by atoms with Crippen molar-refractivity contribution >= 4 is 14.0 Å². The van der Waals surface area contributed by atoms with Gasteiger partial charge in [0.05, 0.1) is 0 Å². The molecule has 2 unspecified atom stereocenters. The minimum atomic E-state index is -2.57. The van der Waals surface area contributed by atoms with Crippen molar-refractivity contribution in [3.8, 4) is 0 Å². The van der Waals surface area contributed by atoms with E-state index in [4.69, 9.17) is 4.89 Å². The molecule has 0 aliphatic heterocycles. The zero-order chi connectivity index (χ0) is 9.72. The molecule has 0 aromatic carbocycles. The Morgan fingerprint density at radius 2 is 2.25 bits per heavy atom. The van der Waals surface area contributed by atoms with Crippen LogP contribution in [0.1, 0.15) is 6.92 Å². The predicted molar refractivity (Wildman–Crippen MR) is 44.7 cm³/mol. The molecule has 12 heavy (non-hydrogen) atoms. The van der Waals surface area contributed by atoms with E-state index in [1.807, 2.05) is 0 Å². The van der Waals surface area contributed by atoms with Crippen LogP contribution in [0.25, 0.3) is 0 Å². The Balaban J connectivity index is 4.22. The van der Waals surface area contributed by atoms with Gasteiger partial charge in [-0.2, -0.15) is 4.89 Å². The topological polar surface area (TPSA) is 63.6 Å². The summed E-state index contributed by atoms with van der Waals surface area (Å²) < 4.78 is 15.0. The number of rotatable bonds is 4. The van der Waals surface area contributed by atoms with Crippen molar-refractivity contribution in [2.75, 3.05) is 0 Å². The second-order valence-electron chi connectivity index (χ2n) is 2.11. The van der Waals surface area contributed by atoms with Crippen molar-refractivity contribution in [2.24, 2.45) is 0 Å². The fourth-order valence-corrected chi connectivity index (χ4v) is 0.760. The molecule has 66 valence electrons. The second-order valence-corrected chi connectivity index (χ2v) is 3.23. The summed E-state index contributed by atoms with van der Waals surface area (Å²) in [6.45, 7) is 8.01. The number of carbonyl (C=O) groups excluding carboxylic acids is 1. The lowest BCUT2D eigenvalue weighted by atomic mass is 10.4. The summed E-state index contributed by atoms with van der Waals surface area (Å²) in [7, 11) is -2.57. The highest BCUT2D eigenvalue weighted by molar-refractivity contribution is 7.38. The van der Waals surface area contributed by atoms with Gasteiger partial charge in [0.15, 0.2) is 0 Å². The first-order valence-corrected chi connectivity index (χ1v) is 4.41. The van der Waals surface area contributed by atoms with Gasteiger partial charge in [0.1, 0.15) is 0 Å². The normalized spacial score (nSPS) is 13.0. The quantitative estimate of drug-likeness (QED) is 0.314. The van der Waals surface area contributed by atoms with Crippen LogP contribution in [0.15, 0.2) is 24.8 Å². The maximum Gasteiger partial charge on any atom is 0.555 e. The van der Waals surface area contributed by atoms with Crippen molar-refractivity contribution in [2.45, 2.75) is 12.8 Å². The summed E-state index contributed by atoms with van der Waals surface area (Å²) in [5, 5.41) is 0. The van der Waals surface area contributed by atoms with Gasteiger partial charge in [-0.25, -0.2) is 4.79 Å². The maximum atomic E-state index is 10.8. The largest absolute Gasteiger partial charge is 0.555 e. The number of ether oxygens (including phenoxy) is 1. The smallest absolute Gasteiger partial charge is 0.407 e. The van der Waals surface area contributed by atoms with Crippen LogP contribution in [0.4, 0.5) is 0 Å². The van der Waals surface area contributed by atoms with Crippen molar-refractivity contribution in [1.82, 2.24) is 0 Å². The molecule has 2 atom stereocenters. The standard InChI is InChI=1S/C7H9O4P/c1-4-6(12(9)10)11-7(8)5(2)3/h4,6H,1-2H2,3H3/p+1. The molecule has 0 aromatic rings. The molecule has 0 aromatic heterocycles. The van der Waals surface area contributed by atoms with Gasteiger partial charge < -0.3 is 4.74 Å². The SMILES string of the molecule is C=CC(OC(=O)C(=C)C)[P+](=O)O. The Morgan fingerprint density at radius 1 is 1.75 bits per heavy atom. The van der Waals surface area contributed by atoms with E-state index in [9.17, 15) is 9.36 Å². The lowest BCUT2D eigenvalue weighted by Crippen LogP contribution is -2.12. The van der Waals surface area contributed by atoms with Gasteiger partial charge >= 0.3 is 19.8 Å². The van der Waals surface area contributed by atoms with Gasteiger partial charge in [-0.05, 0) is 11.5 Å². The summed E-state index contributed by atoms with van der Waals surface area (Å²) in [4.78, 5) is 19.4. The summed E-state index contributed by atoms with van der Waals surface area (Å²) >= 11 is 0. The van der Waals surface area contributed by atoms with Crippen molar-refractivity contribution in [3.63, 3.8) is 0 Å². The molecule has 0 aliphatic rings. The molecule has 1 N–H and O–H groups in total. The van der Waals surface area contributed by atoms with Gasteiger partial charge in [-0.15, -0.1) is 0 Å². The molecule has 0 radical (unpaired) electrons.